The lowest BCUT2D eigenvalue weighted by atomic mass is 9.91. The standard InChI is InChI=1S/C13H16ClFO/c1-9-3-4-13(15)8-12(9)7-11(5-6-14)10(2)16/h3-4,8,11H,5-7H2,1-2H3. The Kier molecular flexibility index (Phi) is 4.94. The Morgan fingerprint density at radius 2 is 2.19 bits per heavy atom. The number of rotatable bonds is 5. The number of ketones is 1. The van der Waals surface area contributed by atoms with Gasteiger partial charge < -0.3 is 0 Å². The fraction of sp³-hybridized carbons (Fsp3) is 0.462. The summed E-state index contributed by atoms with van der Waals surface area (Å²) < 4.78 is 13.1. The van der Waals surface area contributed by atoms with Gasteiger partial charge in [-0.25, -0.2) is 4.39 Å². The van der Waals surface area contributed by atoms with E-state index in [-0.39, 0.29) is 17.5 Å². The van der Waals surface area contributed by atoms with E-state index in [1.54, 1.807) is 13.0 Å². The summed E-state index contributed by atoms with van der Waals surface area (Å²) >= 11 is 5.65. The van der Waals surface area contributed by atoms with Gasteiger partial charge in [0.05, 0.1) is 0 Å². The van der Waals surface area contributed by atoms with Gasteiger partial charge in [-0.3, -0.25) is 4.79 Å². The van der Waals surface area contributed by atoms with Crippen molar-refractivity contribution in [3.05, 3.63) is 35.1 Å². The van der Waals surface area contributed by atoms with E-state index < -0.39 is 0 Å². The Morgan fingerprint density at radius 3 is 2.75 bits per heavy atom. The average molecular weight is 243 g/mol. The van der Waals surface area contributed by atoms with Crippen LogP contribution in [0, 0.1) is 18.7 Å². The van der Waals surface area contributed by atoms with Crippen molar-refractivity contribution in [2.45, 2.75) is 26.7 Å². The molecule has 1 atom stereocenters. The van der Waals surface area contributed by atoms with Crippen LogP contribution in [-0.2, 0) is 11.2 Å². The summed E-state index contributed by atoms with van der Waals surface area (Å²) in [6, 6.07) is 4.67. The van der Waals surface area contributed by atoms with Crippen molar-refractivity contribution >= 4 is 17.4 Å². The van der Waals surface area contributed by atoms with Crippen molar-refractivity contribution < 1.29 is 9.18 Å². The van der Waals surface area contributed by atoms with Gasteiger partial charge in [-0.2, -0.15) is 0 Å². The van der Waals surface area contributed by atoms with E-state index in [0.29, 0.717) is 18.7 Å². The van der Waals surface area contributed by atoms with Gasteiger partial charge in [-0.05, 0) is 49.9 Å². The van der Waals surface area contributed by atoms with E-state index in [9.17, 15) is 9.18 Å². The van der Waals surface area contributed by atoms with Crippen molar-refractivity contribution in [3.8, 4) is 0 Å². The summed E-state index contributed by atoms with van der Waals surface area (Å²) in [6.45, 7) is 3.48. The van der Waals surface area contributed by atoms with Crippen LogP contribution in [0.15, 0.2) is 18.2 Å². The lowest BCUT2D eigenvalue weighted by Crippen LogP contribution is -2.15. The molecule has 1 rings (SSSR count). The molecule has 1 nitrogen and oxygen atoms in total. The van der Waals surface area contributed by atoms with Crippen LogP contribution in [0.4, 0.5) is 4.39 Å². The summed E-state index contributed by atoms with van der Waals surface area (Å²) in [5.41, 5.74) is 1.91. The van der Waals surface area contributed by atoms with E-state index in [1.165, 1.54) is 12.1 Å². The maximum atomic E-state index is 13.1. The second-order valence-electron chi connectivity index (χ2n) is 4.06. The highest BCUT2D eigenvalue weighted by Crippen LogP contribution is 2.18. The Hall–Kier alpha value is -0.890. The maximum Gasteiger partial charge on any atom is 0.133 e. The van der Waals surface area contributed by atoms with Crippen molar-refractivity contribution in [2.75, 3.05) is 5.88 Å². The Balaban J connectivity index is 2.84. The van der Waals surface area contributed by atoms with Crippen LogP contribution < -0.4 is 0 Å². The summed E-state index contributed by atoms with van der Waals surface area (Å²) in [7, 11) is 0. The van der Waals surface area contributed by atoms with Crippen molar-refractivity contribution in [2.24, 2.45) is 5.92 Å². The molecule has 16 heavy (non-hydrogen) atoms. The molecule has 0 amide bonds. The minimum atomic E-state index is -0.256. The van der Waals surface area contributed by atoms with Crippen molar-refractivity contribution in [1.82, 2.24) is 0 Å². The summed E-state index contributed by atoms with van der Waals surface area (Å²) in [6.07, 6.45) is 1.22. The first-order chi connectivity index (χ1) is 7.54. The molecule has 0 bridgehead atoms. The molecule has 0 saturated carbocycles. The number of aryl methyl sites for hydroxylation is 1. The monoisotopic (exact) mass is 242 g/mol. The molecule has 1 unspecified atom stereocenters. The second kappa shape index (κ2) is 6.00. The van der Waals surface area contributed by atoms with Gasteiger partial charge in [0, 0.05) is 11.8 Å². The molecule has 0 radical (unpaired) electrons. The molecule has 0 saturated heterocycles. The van der Waals surface area contributed by atoms with Gasteiger partial charge in [-0.1, -0.05) is 6.07 Å². The molecule has 0 N–H and O–H groups in total. The largest absolute Gasteiger partial charge is 0.300 e. The maximum absolute atomic E-state index is 13.1. The molecular formula is C13H16ClFO. The van der Waals surface area contributed by atoms with Gasteiger partial charge in [0.15, 0.2) is 0 Å². The fourth-order valence-electron chi connectivity index (χ4n) is 1.71. The molecule has 0 fully saturated rings. The van der Waals surface area contributed by atoms with Crippen LogP contribution in [0.1, 0.15) is 24.5 Å². The molecular weight excluding hydrogens is 227 g/mol. The minimum absolute atomic E-state index is 0.0991. The molecule has 0 aromatic heterocycles. The van der Waals surface area contributed by atoms with Gasteiger partial charge in [0.2, 0.25) is 0 Å². The highest BCUT2D eigenvalue weighted by Gasteiger charge is 2.15. The molecule has 3 heteroatoms. The SMILES string of the molecule is CC(=O)C(CCCl)Cc1cc(F)ccc1C. The van der Waals surface area contributed by atoms with E-state index in [1.807, 2.05) is 6.92 Å². The normalized spacial score (nSPS) is 12.5. The Labute approximate surface area is 101 Å². The fourth-order valence-corrected chi connectivity index (χ4v) is 1.97. The average Bonchev–Trinajstić information content (AvgIpc) is 2.22. The number of alkyl halides is 1. The molecule has 0 heterocycles. The third-order valence-electron chi connectivity index (χ3n) is 2.81. The van der Waals surface area contributed by atoms with E-state index >= 15 is 0 Å². The first kappa shape index (κ1) is 13.2. The summed E-state index contributed by atoms with van der Waals surface area (Å²) in [4.78, 5) is 11.4. The number of hydrogen-bond acceptors (Lipinski definition) is 1. The molecule has 88 valence electrons. The Morgan fingerprint density at radius 1 is 1.50 bits per heavy atom. The molecule has 1 aromatic carbocycles. The van der Waals surface area contributed by atoms with Gasteiger partial charge in [0.1, 0.15) is 11.6 Å². The first-order valence-corrected chi connectivity index (χ1v) is 5.89. The number of hydrogen-bond donors (Lipinski definition) is 0. The first-order valence-electron chi connectivity index (χ1n) is 5.36. The molecule has 0 spiro atoms. The van der Waals surface area contributed by atoms with E-state index in [0.717, 1.165) is 11.1 Å². The van der Waals surface area contributed by atoms with Crippen LogP contribution in [0.5, 0.6) is 0 Å². The lowest BCUT2D eigenvalue weighted by molar-refractivity contribution is -0.120. The van der Waals surface area contributed by atoms with Crippen LogP contribution in [0.25, 0.3) is 0 Å². The number of halogens is 2. The van der Waals surface area contributed by atoms with Crippen LogP contribution in [0.3, 0.4) is 0 Å². The minimum Gasteiger partial charge on any atom is -0.300 e. The topological polar surface area (TPSA) is 17.1 Å². The number of benzene rings is 1. The summed E-state index contributed by atoms with van der Waals surface area (Å²) in [5.74, 6) is 0.217. The molecule has 0 aliphatic rings. The second-order valence-corrected chi connectivity index (χ2v) is 4.44. The molecule has 0 aliphatic carbocycles. The third kappa shape index (κ3) is 3.60. The number of Topliss-reactive ketones (excluding diaryl/α,β-unsaturated/α-hetero) is 1. The van der Waals surface area contributed by atoms with Gasteiger partial charge >= 0.3 is 0 Å². The smallest absolute Gasteiger partial charge is 0.133 e. The van der Waals surface area contributed by atoms with Crippen LogP contribution in [-0.4, -0.2) is 11.7 Å². The number of carbonyl (C=O) groups excluding carboxylic acids is 1. The quantitative estimate of drug-likeness (QED) is 0.723. The summed E-state index contributed by atoms with van der Waals surface area (Å²) in [5, 5.41) is 0. The van der Waals surface area contributed by atoms with Crippen molar-refractivity contribution in [3.63, 3.8) is 0 Å². The predicted octanol–water partition coefficient (Wildman–Crippen LogP) is 3.51. The van der Waals surface area contributed by atoms with Crippen LogP contribution in [0.2, 0.25) is 0 Å². The van der Waals surface area contributed by atoms with E-state index in [2.05, 4.69) is 0 Å². The zero-order chi connectivity index (χ0) is 12.1. The zero-order valence-corrected chi connectivity index (χ0v) is 10.4. The predicted molar refractivity (Wildman–Crippen MR) is 64.3 cm³/mol. The lowest BCUT2D eigenvalue weighted by Gasteiger charge is -2.14. The van der Waals surface area contributed by atoms with E-state index in [4.69, 9.17) is 11.6 Å². The third-order valence-corrected chi connectivity index (χ3v) is 3.03. The molecule has 1 aromatic rings. The number of carbonyl (C=O) groups is 1. The zero-order valence-electron chi connectivity index (χ0n) is 9.59. The highest BCUT2D eigenvalue weighted by molar-refractivity contribution is 6.18. The molecule has 0 aliphatic heterocycles. The van der Waals surface area contributed by atoms with Crippen LogP contribution >= 0.6 is 11.6 Å². The highest BCUT2D eigenvalue weighted by atomic mass is 35.5. The Bertz CT molecular complexity index is 376. The van der Waals surface area contributed by atoms with Gasteiger partial charge in [-0.15, -0.1) is 11.6 Å². The van der Waals surface area contributed by atoms with Crippen molar-refractivity contribution in [1.29, 1.82) is 0 Å². The van der Waals surface area contributed by atoms with Gasteiger partial charge in [0.25, 0.3) is 0 Å².